The molecule has 0 aromatic carbocycles. The number of quaternary nitrogens is 1. The van der Waals surface area contributed by atoms with Crippen LogP contribution in [-0.4, -0.2) is 6.34 Å². The summed E-state index contributed by atoms with van der Waals surface area (Å²) in [4.78, 5) is 3.75. The minimum atomic E-state index is 0. The zero-order chi connectivity index (χ0) is 4.41. The maximum atomic E-state index is 3.97. The van der Waals surface area contributed by atoms with Crippen LogP contribution in [0.2, 0.25) is 0 Å². The van der Waals surface area contributed by atoms with Crippen molar-refractivity contribution in [1.82, 2.24) is 0 Å². The maximum Gasteiger partial charge on any atom is 0.204 e. The molecule has 0 amide bonds. The summed E-state index contributed by atoms with van der Waals surface area (Å²) in [6, 6.07) is 0. The van der Waals surface area contributed by atoms with Crippen LogP contribution < -0.4 is 21.3 Å². The molecule has 1 atom stereocenters. The summed E-state index contributed by atoms with van der Waals surface area (Å²) in [7, 11) is 0. The van der Waals surface area contributed by atoms with E-state index < -0.39 is 0 Å². The second-order valence-corrected chi connectivity index (χ2v) is 1.54. The molecule has 1 aliphatic heterocycles. The van der Waals surface area contributed by atoms with Crippen LogP contribution in [0.1, 0.15) is 0 Å². The second-order valence-electron chi connectivity index (χ2n) is 1.02. The predicted molar refractivity (Wildman–Crippen MR) is 27.6 cm³/mol. The molecule has 1 rings (SSSR count). The lowest BCUT2D eigenvalue weighted by molar-refractivity contribution is -0.558. The molecular weight excluding hydrogens is 176 g/mol. The lowest BCUT2D eigenvalue weighted by Crippen LogP contribution is -3.00. The Morgan fingerprint density at radius 2 is 2.29 bits per heavy atom. The number of hydrogen-bond donors (Lipinski definition) is 2. The van der Waals surface area contributed by atoms with Gasteiger partial charge < -0.3 is 17.0 Å². The SMILES string of the molecule is S[NH+]1C=CN=C1.[Br-]. The largest absolute Gasteiger partial charge is 1.00 e. The molecule has 2 nitrogen and oxygen atoms in total. The second kappa shape index (κ2) is 3.23. The third-order valence-electron chi connectivity index (χ3n) is 0.538. The van der Waals surface area contributed by atoms with Crippen molar-refractivity contribution in [3.05, 3.63) is 12.4 Å². The molecule has 0 aliphatic carbocycles. The van der Waals surface area contributed by atoms with Gasteiger partial charge in [0.2, 0.25) is 6.34 Å². The van der Waals surface area contributed by atoms with Crippen molar-refractivity contribution >= 4 is 19.2 Å². The molecule has 1 aliphatic rings. The summed E-state index contributed by atoms with van der Waals surface area (Å²) in [5.41, 5.74) is 0. The van der Waals surface area contributed by atoms with Gasteiger partial charge in [0.15, 0.2) is 0 Å². The first-order chi connectivity index (χ1) is 2.89. The average molecular weight is 181 g/mol. The summed E-state index contributed by atoms with van der Waals surface area (Å²) in [6.45, 7) is 0. The number of rotatable bonds is 0. The Morgan fingerprint density at radius 3 is 2.43 bits per heavy atom. The lowest BCUT2D eigenvalue weighted by atomic mass is 11.0. The van der Waals surface area contributed by atoms with Gasteiger partial charge in [0.1, 0.15) is 6.20 Å². The first-order valence-corrected chi connectivity index (χ1v) is 2.10. The fraction of sp³-hybridized carbons (Fsp3) is 0. The van der Waals surface area contributed by atoms with Gasteiger partial charge in [0.25, 0.3) is 0 Å². The molecule has 1 unspecified atom stereocenters. The van der Waals surface area contributed by atoms with Crippen LogP contribution in [0, 0.1) is 0 Å². The van der Waals surface area contributed by atoms with Crippen molar-refractivity contribution in [2.75, 3.05) is 0 Å². The standard InChI is InChI=1S/C3H4N2S.BrH/c6-5-2-1-4-3-5;/h1-3,6H;1H. The van der Waals surface area contributed by atoms with E-state index in [4.69, 9.17) is 0 Å². The Balaban J connectivity index is 0.000000360. The van der Waals surface area contributed by atoms with E-state index in [1.54, 1.807) is 12.5 Å². The van der Waals surface area contributed by atoms with E-state index >= 15 is 0 Å². The van der Waals surface area contributed by atoms with Crippen molar-refractivity contribution in [2.24, 2.45) is 4.99 Å². The fourth-order valence-electron chi connectivity index (χ4n) is 0.282. The molecule has 1 heterocycles. The molecule has 0 aromatic heterocycles. The number of halogens is 1. The number of hydrogen-bond acceptors (Lipinski definition) is 2. The van der Waals surface area contributed by atoms with Crippen LogP contribution in [0.5, 0.6) is 0 Å². The zero-order valence-corrected chi connectivity index (χ0v) is 5.98. The van der Waals surface area contributed by atoms with Crippen molar-refractivity contribution < 1.29 is 21.3 Å². The van der Waals surface area contributed by atoms with Crippen LogP contribution in [0.25, 0.3) is 0 Å². The summed E-state index contributed by atoms with van der Waals surface area (Å²) < 4.78 is 0.926. The molecule has 0 spiro atoms. The number of aliphatic imine (C=N–C) groups is 1. The van der Waals surface area contributed by atoms with E-state index in [0.29, 0.717) is 0 Å². The van der Waals surface area contributed by atoms with Crippen LogP contribution in [-0.2, 0) is 0 Å². The van der Waals surface area contributed by atoms with Crippen LogP contribution in [0.15, 0.2) is 17.4 Å². The molecule has 0 radical (unpaired) electrons. The van der Waals surface area contributed by atoms with Gasteiger partial charge in [0, 0.05) is 0 Å². The van der Waals surface area contributed by atoms with E-state index in [1.165, 1.54) is 0 Å². The van der Waals surface area contributed by atoms with Crippen LogP contribution >= 0.6 is 12.8 Å². The minimum absolute atomic E-state index is 0. The Bertz CT molecular complexity index is 89.1. The molecule has 0 fully saturated rings. The van der Waals surface area contributed by atoms with Crippen LogP contribution in [0.4, 0.5) is 0 Å². The van der Waals surface area contributed by atoms with Gasteiger partial charge >= 0.3 is 0 Å². The Hall–Kier alpha value is 0.200. The van der Waals surface area contributed by atoms with E-state index in [2.05, 4.69) is 17.8 Å². The number of thiol groups is 1. The van der Waals surface area contributed by atoms with Gasteiger partial charge in [-0.3, -0.25) is 0 Å². The molecule has 0 bridgehead atoms. The number of nitrogens with one attached hydrogen (secondary N) is 1. The third kappa shape index (κ3) is 2.11. The molecule has 7 heavy (non-hydrogen) atoms. The molecule has 4 heteroatoms. The summed E-state index contributed by atoms with van der Waals surface area (Å²) in [6.07, 6.45) is 5.24. The van der Waals surface area contributed by atoms with Crippen molar-refractivity contribution in [3.63, 3.8) is 0 Å². The van der Waals surface area contributed by atoms with Gasteiger partial charge in [-0.2, -0.15) is 0 Å². The number of nitrogens with zero attached hydrogens (tertiary/aromatic N) is 1. The first kappa shape index (κ1) is 7.20. The topological polar surface area (TPSA) is 16.8 Å². The quantitative estimate of drug-likeness (QED) is 0.357. The third-order valence-corrected chi connectivity index (χ3v) is 0.803. The van der Waals surface area contributed by atoms with E-state index in [1.807, 2.05) is 6.20 Å². The maximum absolute atomic E-state index is 3.97. The predicted octanol–water partition coefficient (Wildman–Crippen LogP) is -3.77. The monoisotopic (exact) mass is 180 g/mol. The highest BCUT2D eigenvalue weighted by Gasteiger charge is 1.93. The molecule has 0 saturated heterocycles. The smallest absolute Gasteiger partial charge is 0.204 e. The lowest BCUT2D eigenvalue weighted by Gasteiger charge is -1.83. The van der Waals surface area contributed by atoms with Crippen LogP contribution in [0.3, 0.4) is 0 Å². The molecule has 1 N–H and O–H groups in total. The minimum Gasteiger partial charge on any atom is -1.00 e. The van der Waals surface area contributed by atoms with Crippen molar-refractivity contribution in [2.45, 2.75) is 0 Å². The van der Waals surface area contributed by atoms with Gasteiger partial charge in [-0.25, -0.2) is 9.30 Å². The molecule has 0 aromatic rings. The van der Waals surface area contributed by atoms with E-state index in [-0.39, 0.29) is 17.0 Å². The van der Waals surface area contributed by atoms with Gasteiger partial charge in [-0.15, -0.1) is 0 Å². The van der Waals surface area contributed by atoms with Gasteiger partial charge in [0.05, 0.1) is 19.0 Å². The molecular formula is C3H5BrN2S. The highest BCUT2D eigenvalue weighted by molar-refractivity contribution is 7.73. The molecule has 0 saturated carbocycles. The summed E-state index contributed by atoms with van der Waals surface area (Å²) >= 11 is 3.97. The zero-order valence-electron chi connectivity index (χ0n) is 3.50. The van der Waals surface area contributed by atoms with Gasteiger partial charge in [-0.05, 0) is 0 Å². The average Bonchev–Trinajstić information content (AvgIpc) is 1.86. The van der Waals surface area contributed by atoms with Crippen molar-refractivity contribution in [3.8, 4) is 0 Å². The Kier molecular flexibility index (Phi) is 3.33. The summed E-state index contributed by atoms with van der Waals surface area (Å²) in [5, 5.41) is 0. The van der Waals surface area contributed by atoms with E-state index in [0.717, 1.165) is 4.31 Å². The molecule has 40 valence electrons. The normalized spacial score (nSPS) is 25.0. The summed E-state index contributed by atoms with van der Waals surface area (Å²) in [5.74, 6) is 0. The van der Waals surface area contributed by atoms with E-state index in [9.17, 15) is 0 Å². The van der Waals surface area contributed by atoms with Crippen molar-refractivity contribution in [1.29, 1.82) is 0 Å². The Labute approximate surface area is 58.2 Å². The first-order valence-electron chi connectivity index (χ1n) is 1.65. The Morgan fingerprint density at radius 1 is 1.57 bits per heavy atom. The fourth-order valence-corrected chi connectivity index (χ4v) is 0.415. The highest BCUT2D eigenvalue weighted by Crippen LogP contribution is 1.69. The van der Waals surface area contributed by atoms with Gasteiger partial charge in [-0.1, -0.05) is 0 Å². The highest BCUT2D eigenvalue weighted by atomic mass is 79.9.